The van der Waals surface area contributed by atoms with Gasteiger partial charge in [0.1, 0.15) is 11.5 Å². The maximum Gasteiger partial charge on any atom is 0.317 e. The van der Waals surface area contributed by atoms with Gasteiger partial charge in [-0.05, 0) is 26.7 Å². The molecule has 0 aliphatic heterocycles. The molecule has 2 rings (SSSR count). The van der Waals surface area contributed by atoms with E-state index in [1.165, 1.54) is 12.4 Å². The van der Waals surface area contributed by atoms with Crippen LogP contribution in [0.2, 0.25) is 0 Å². The lowest BCUT2D eigenvalue weighted by molar-refractivity contribution is -0.137. The third kappa shape index (κ3) is 6.60. The summed E-state index contributed by atoms with van der Waals surface area (Å²) in [7, 11) is 0. The predicted octanol–water partition coefficient (Wildman–Crippen LogP) is -0.638. The minimum absolute atomic E-state index is 0.0658. The quantitative estimate of drug-likeness (QED) is 0.181. The van der Waals surface area contributed by atoms with Crippen LogP contribution in [0.4, 0.5) is 0 Å². The number of aromatic hydroxyl groups is 2. The van der Waals surface area contributed by atoms with Crippen LogP contribution in [0.25, 0.3) is 0 Å². The van der Waals surface area contributed by atoms with Crippen molar-refractivity contribution < 1.29 is 40.2 Å². The largest absolute Gasteiger partial charge is 0.506 e. The number of carboxylic acids is 2. The van der Waals surface area contributed by atoms with Crippen molar-refractivity contribution in [2.45, 2.75) is 45.4 Å². The van der Waals surface area contributed by atoms with Gasteiger partial charge in [0, 0.05) is 46.7 Å². The van der Waals surface area contributed by atoms with Gasteiger partial charge >= 0.3 is 11.9 Å². The molecule has 0 spiro atoms. The number of rotatable bonds is 13. The van der Waals surface area contributed by atoms with Crippen molar-refractivity contribution in [2.75, 3.05) is 19.6 Å². The van der Waals surface area contributed by atoms with Crippen molar-refractivity contribution in [1.82, 2.24) is 20.6 Å². The average molecular weight is 479 g/mol. The topological polar surface area (TPSA) is 205 Å². The lowest BCUT2D eigenvalue weighted by Gasteiger charge is -2.37. The van der Waals surface area contributed by atoms with Gasteiger partial charge in [0.2, 0.25) is 0 Å². The minimum Gasteiger partial charge on any atom is -0.506 e. The van der Waals surface area contributed by atoms with E-state index in [0.717, 1.165) is 0 Å². The third-order valence-corrected chi connectivity index (χ3v) is 5.59. The number of nitrogens with zero attached hydrogens (tertiary/aromatic N) is 2. The second kappa shape index (κ2) is 11.7. The van der Waals surface area contributed by atoms with Crippen molar-refractivity contribution >= 4 is 11.9 Å². The molecule has 0 aromatic carbocycles. The molecule has 0 unspecified atom stereocenters. The molecule has 0 saturated heterocycles. The highest BCUT2D eigenvalue weighted by Crippen LogP contribution is 2.33. The fourth-order valence-electron chi connectivity index (χ4n) is 3.76. The monoisotopic (exact) mass is 478 g/mol. The molecule has 0 saturated carbocycles. The Morgan fingerprint density at radius 3 is 1.68 bits per heavy atom. The molecule has 186 valence electrons. The first-order valence-electron chi connectivity index (χ1n) is 10.5. The molecule has 0 radical (unpaired) electrons. The van der Waals surface area contributed by atoms with Crippen LogP contribution in [0.5, 0.6) is 11.5 Å². The van der Waals surface area contributed by atoms with E-state index in [9.17, 15) is 35.1 Å². The molecule has 2 aromatic heterocycles. The Balaban J connectivity index is 2.67. The molecule has 0 amide bonds. The van der Waals surface area contributed by atoms with Crippen LogP contribution in [-0.4, -0.2) is 77.7 Å². The number of hydrogen-bond donors (Lipinski definition) is 8. The fraction of sp³-hybridized carbons (Fsp3) is 0.455. The molecule has 34 heavy (non-hydrogen) atoms. The number of aliphatic hydroxyl groups is 2. The standard InChI is InChI=1S/C22H30N4O8/c1-12-20(33)16(14(9-27)5-24-12)3-22(26-8-19(31)32,11-23-7-18(29)30)4-17-15(10-28)6-25-13(2)21(17)34/h5-6,23,26-28,33-34H,3-4,7-11H2,1-2H3,(H,29,30)(H,31,32). The predicted molar refractivity (Wildman–Crippen MR) is 119 cm³/mol. The van der Waals surface area contributed by atoms with Crippen LogP contribution in [-0.2, 0) is 35.6 Å². The van der Waals surface area contributed by atoms with Crippen molar-refractivity contribution in [2.24, 2.45) is 0 Å². The van der Waals surface area contributed by atoms with E-state index in [1.54, 1.807) is 13.8 Å². The van der Waals surface area contributed by atoms with Crippen molar-refractivity contribution in [3.63, 3.8) is 0 Å². The van der Waals surface area contributed by atoms with Crippen LogP contribution in [0.15, 0.2) is 12.4 Å². The molecule has 0 aliphatic carbocycles. The molecular weight excluding hydrogens is 448 g/mol. The van der Waals surface area contributed by atoms with E-state index in [0.29, 0.717) is 22.3 Å². The first-order chi connectivity index (χ1) is 16.0. The molecule has 0 atom stereocenters. The molecule has 2 aromatic rings. The smallest absolute Gasteiger partial charge is 0.317 e. The molecule has 12 nitrogen and oxygen atoms in total. The highest BCUT2D eigenvalue weighted by atomic mass is 16.4. The Morgan fingerprint density at radius 1 is 0.853 bits per heavy atom. The molecular formula is C22H30N4O8. The summed E-state index contributed by atoms with van der Waals surface area (Å²) < 4.78 is 0. The maximum atomic E-state index is 11.4. The summed E-state index contributed by atoms with van der Waals surface area (Å²) in [5.41, 5.74) is 0.494. The lowest BCUT2D eigenvalue weighted by Crippen LogP contribution is -2.57. The SMILES string of the molecule is Cc1ncc(CO)c(CC(CNCC(=O)O)(Cc2c(CO)cnc(C)c2O)NCC(=O)O)c1O. The zero-order chi connectivity index (χ0) is 25.5. The lowest BCUT2D eigenvalue weighted by atomic mass is 9.81. The van der Waals surface area contributed by atoms with E-state index < -0.39 is 43.8 Å². The molecule has 0 fully saturated rings. The van der Waals surface area contributed by atoms with Gasteiger partial charge in [0.05, 0.1) is 37.7 Å². The zero-order valence-electron chi connectivity index (χ0n) is 19.0. The van der Waals surface area contributed by atoms with Gasteiger partial charge in [-0.2, -0.15) is 0 Å². The fourth-order valence-corrected chi connectivity index (χ4v) is 3.76. The Morgan fingerprint density at radius 2 is 1.29 bits per heavy atom. The Kier molecular flexibility index (Phi) is 9.27. The highest BCUT2D eigenvalue weighted by molar-refractivity contribution is 5.69. The molecule has 12 heteroatoms. The summed E-state index contributed by atoms with van der Waals surface area (Å²) in [6, 6.07) is 0. The van der Waals surface area contributed by atoms with E-state index in [1.807, 2.05) is 0 Å². The first kappa shape index (κ1) is 26.9. The molecule has 8 N–H and O–H groups in total. The van der Waals surface area contributed by atoms with Gasteiger partial charge in [-0.25, -0.2) is 0 Å². The highest BCUT2D eigenvalue weighted by Gasteiger charge is 2.35. The van der Waals surface area contributed by atoms with Gasteiger partial charge in [-0.15, -0.1) is 0 Å². The average Bonchev–Trinajstić information content (AvgIpc) is 2.78. The number of aliphatic hydroxyl groups excluding tert-OH is 2. The van der Waals surface area contributed by atoms with Gasteiger partial charge in [0.15, 0.2) is 0 Å². The zero-order valence-corrected chi connectivity index (χ0v) is 19.0. The number of pyridine rings is 2. The van der Waals surface area contributed by atoms with E-state index in [4.69, 9.17) is 5.11 Å². The van der Waals surface area contributed by atoms with Crippen LogP contribution in [0.1, 0.15) is 33.6 Å². The Bertz CT molecular complexity index is 983. The van der Waals surface area contributed by atoms with Crippen molar-refractivity contribution in [1.29, 1.82) is 0 Å². The summed E-state index contributed by atoms with van der Waals surface area (Å²) in [4.78, 5) is 30.6. The van der Waals surface area contributed by atoms with E-state index in [2.05, 4.69) is 20.6 Å². The molecule has 0 aliphatic rings. The molecule has 0 bridgehead atoms. The number of aryl methyl sites for hydroxylation is 2. The summed E-state index contributed by atoms with van der Waals surface area (Å²) in [5, 5.41) is 65.1. The van der Waals surface area contributed by atoms with Gasteiger partial charge < -0.3 is 36.0 Å². The number of aromatic nitrogens is 2. The van der Waals surface area contributed by atoms with Gasteiger partial charge in [-0.3, -0.25) is 24.9 Å². The van der Waals surface area contributed by atoms with E-state index >= 15 is 0 Å². The van der Waals surface area contributed by atoms with Crippen LogP contribution in [0, 0.1) is 13.8 Å². The van der Waals surface area contributed by atoms with Crippen LogP contribution < -0.4 is 10.6 Å². The second-order valence-electron chi connectivity index (χ2n) is 8.09. The van der Waals surface area contributed by atoms with Crippen LogP contribution >= 0.6 is 0 Å². The number of carbonyl (C=O) groups is 2. The minimum atomic E-state index is -1.28. The summed E-state index contributed by atoms with van der Waals surface area (Å²) >= 11 is 0. The normalized spacial score (nSPS) is 11.5. The van der Waals surface area contributed by atoms with Gasteiger partial charge in [0.25, 0.3) is 0 Å². The number of nitrogens with one attached hydrogen (secondary N) is 2. The van der Waals surface area contributed by atoms with Crippen LogP contribution in [0.3, 0.4) is 0 Å². The van der Waals surface area contributed by atoms with Crippen molar-refractivity contribution in [3.05, 3.63) is 46.0 Å². The van der Waals surface area contributed by atoms with Crippen molar-refractivity contribution in [3.8, 4) is 11.5 Å². The number of carboxylic acid groups (broad SMARTS) is 2. The summed E-state index contributed by atoms with van der Waals surface area (Å²) in [5.74, 6) is -2.70. The summed E-state index contributed by atoms with van der Waals surface area (Å²) in [6.45, 7) is 1.19. The number of hydrogen-bond acceptors (Lipinski definition) is 10. The van der Waals surface area contributed by atoms with Gasteiger partial charge in [-0.1, -0.05) is 0 Å². The van der Waals surface area contributed by atoms with E-state index in [-0.39, 0.29) is 42.3 Å². The second-order valence-corrected chi connectivity index (χ2v) is 8.09. The number of aliphatic carboxylic acids is 2. The first-order valence-corrected chi connectivity index (χ1v) is 10.5. The third-order valence-electron chi connectivity index (χ3n) is 5.59. The maximum absolute atomic E-state index is 11.4. The molecule has 2 heterocycles. The Labute approximate surface area is 195 Å². The summed E-state index contributed by atoms with van der Waals surface area (Å²) in [6.07, 6.45) is 2.65. The Hall–Kier alpha value is -3.32.